The smallest absolute Gasteiger partial charge is 0.0547 e. The van der Waals surface area contributed by atoms with Crippen molar-refractivity contribution >= 4 is 0 Å². The maximum absolute atomic E-state index is 5.72. The van der Waals surface area contributed by atoms with Gasteiger partial charge in [0.25, 0.3) is 0 Å². The zero-order valence-electron chi connectivity index (χ0n) is 10.3. The van der Waals surface area contributed by atoms with Crippen LogP contribution in [0.3, 0.4) is 0 Å². The van der Waals surface area contributed by atoms with Gasteiger partial charge >= 0.3 is 0 Å². The van der Waals surface area contributed by atoms with Gasteiger partial charge in [0, 0.05) is 6.61 Å². The Hall–Kier alpha value is -0.0400. The summed E-state index contributed by atoms with van der Waals surface area (Å²) in [7, 11) is 0. The van der Waals surface area contributed by atoms with E-state index in [2.05, 4.69) is 20.8 Å². The molecule has 0 aliphatic rings. The van der Waals surface area contributed by atoms with Crippen LogP contribution in [0.15, 0.2) is 0 Å². The lowest BCUT2D eigenvalue weighted by Gasteiger charge is -2.12. The van der Waals surface area contributed by atoms with Crippen LogP contribution in [0.25, 0.3) is 0 Å². The molecular formula is C13H28O. The minimum Gasteiger partial charge on any atom is -0.379 e. The molecule has 0 N–H and O–H groups in total. The Kier molecular flexibility index (Phi) is 11.0. The zero-order chi connectivity index (χ0) is 10.6. The number of unbranched alkanes of at least 4 members (excludes halogenated alkanes) is 5. The second-order valence-electron chi connectivity index (χ2n) is 4.24. The van der Waals surface area contributed by atoms with Crippen LogP contribution in [-0.4, -0.2) is 12.7 Å². The fraction of sp³-hybridized carbons (Fsp3) is 1.00. The van der Waals surface area contributed by atoms with Crippen LogP contribution in [0, 0.1) is 0 Å². The van der Waals surface area contributed by atoms with Gasteiger partial charge in [-0.3, -0.25) is 0 Å². The molecule has 14 heavy (non-hydrogen) atoms. The number of ether oxygens (including phenoxy) is 1. The van der Waals surface area contributed by atoms with Crippen molar-refractivity contribution in [3.63, 3.8) is 0 Å². The average molecular weight is 200 g/mol. The normalized spacial score (nSPS) is 13.1. The highest BCUT2D eigenvalue weighted by Crippen LogP contribution is 2.08. The minimum absolute atomic E-state index is 0.476. The molecule has 1 heteroatoms. The molecule has 0 heterocycles. The van der Waals surface area contributed by atoms with Crippen LogP contribution in [-0.2, 0) is 4.74 Å². The Morgan fingerprint density at radius 1 is 0.857 bits per heavy atom. The predicted molar refractivity (Wildman–Crippen MR) is 63.7 cm³/mol. The van der Waals surface area contributed by atoms with E-state index in [1.807, 2.05) is 0 Å². The van der Waals surface area contributed by atoms with Gasteiger partial charge in [-0.2, -0.15) is 0 Å². The fourth-order valence-electron chi connectivity index (χ4n) is 1.58. The lowest BCUT2D eigenvalue weighted by Crippen LogP contribution is -2.09. The third-order valence-corrected chi connectivity index (χ3v) is 2.61. The molecule has 1 unspecified atom stereocenters. The molecule has 0 spiro atoms. The quantitative estimate of drug-likeness (QED) is 0.470. The summed E-state index contributed by atoms with van der Waals surface area (Å²) in [4.78, 5) is 0. The highest BCUT2D eigenvalue weighted by atomic mass is 16.5. The average Bonchev–Trinajstić information content (AvgIpc) is 2.19. The van der Waals surface area contributed by atoms with Crippen LogP contribution >= 0.6 is 0 Å². The van der Waals surface area contributed by atoms with E-state index in [1.165, 1.54) is 51.4 Å². The summed E-state index contributed by atoms with van der Waals surface area (Å²) < 4.78 is 5.72. The molecule has 0 radical (unpaired) electrons. The largest absolute Gasteiger partial charge is 0.379 e. The Bertz CT molecular complexity index is 89.4. The van der Waals surface area contributed by atoms with Crippen molar-refractivity contribution in [2.24, 2.45) is 0 Å². The molecule has 1 atom stereocenters. The van der Waals surface area contributed by atoms with Gasteiger partial charge in [-0.05, 0) is 19.8 Å². The first kappa shape index (κ1) is 14.0. The lowest BCUT2D eigenvalue weighted by molar-refractivity contribution is 0.0559. The van der Waals surface area contributed by atoms with Gasteiger partial charge in [-0.15, -0.1) is 0 Å². The molecule has 0 aromatic rings. The second-order valence-corrected chi connectivity index (χ2v) is 4.24. The fourth-order valence-corrected chi connectivity index (χ4v) is 1.58. The Morgan fingerprint density at radius 3 is 2.14 bits per heavy atom. The Labute approximate surface area is 90.2 Å². The van der Waals surface area contributed by atoms with E-state index in [1.54, 1.807) is 0 Å². The van der Waals surface area contributed by atoms with Gasteiger partial charge < -0.3 is 4.74 Å². The van der Waals surface area contributed by atoms with Crippen molar-refractivity contribution in [3.8, 4) is 0 Å². The number of hydrogen-bond donors (Lipinski definition) is 0. The Balaban J connectivity index is 3.07. The zero-order valence-corrected chi connectivity index (χ0v) is 10.3. The van der Waals surface area contributed by atoms with Crippen LogP contribution in [0.1, 0.15) is 72.1 Å². The van der Waals surface area contributed by atoms with Gasteiger partial charge in [0.15, 0.2) is 0 Å². The summed E-state index contributed by atoms with van der Waals surface area (Å²) in [5, 5.41) is 0. The van der Waals surface area contributed by atoms with Gasteiger partial charge in [0.1, 0.15) is 0 Å². The molecule has 0 rings (SSSR count). The minimum atomic E-state index is 0.476. The van der Waals surface area contributed by atoms with Crippen molar-refractivity contribution in [1.29, 1.82) is 0 Å². The molecule has 0 saturated heterocycles. The molecule has 0 aromatic carbocycles. The van der Waals surface area contributed by atoms with E-state index in [-0.39, 0.29) is 0 Å². The van der Waals surface area contributed by atoms with Crippen LogP contribution in [0.5, 0.6) is 0 Å². The van der Waals surface area contributed by atoms with E-state index in [4.69, 9.17) is 4.74 Å². The van der Waals surface area contributed by atoms with Crippen LogP contribution in [0.2, 0.25) is 0 Å². The van der Waals surface area contributed by atoms with E-state index < -0.39 is 0 Å². The lowest BCUT2D eigenvalue weighted by atomic mass is 10.1. The summed E-state index contributed by atoms with van der Waals surface area (Å²) >= 11 is 0. The van der Waals surface area contributed by atoms with E-state index in [0.717, 1.165) is 6.61 Å². The van der Waals surface area contributed by atoms with Crippen molar-refractivity contribution in [2.75, 3.05) is 6.61 Å². The maximum Gasteiger partial charge on any atom is 0.0547 e. The van der Waals surface area contributed by atoms with Crippen molar-refractivity contribution in [3.05, 3.63) is 0 Å². The molecule has 0 amide bonds. The highest BCUT2D eigenvalue weighted by molar-refractivity contribution is 4.51. The first-order valence-corrected chi connectivity index (χ1v) is 6.42. The molecule has 0 saturated carbocycles. The predicted octanol–water partition coefficient (Wildman–Crippen LogP) is 4.55. The molecule has 0 fully saturated rings. The van der Waals surface area contributed by atoms with Gasteiger partial charge in [-0.25, -0.2) is 0 Å². The molecule has 0 aliphatic heterocycles. The third kappa shape index (κ3) is 10.0. The summed E-state index contributed by atoms with van der Waals surface area (Å²) in [6, 6.07) is 0. The van der Waals surface area contributed by atoms with Crippen LogP contribution in [0.4, 0.5) is 0 Å². The maximum atomic E-state index is 5.72. The van der Waals surface area contributed by atoms with Gasteiger partial charge in [-0.1, -0.05) is 52.4 Å². The first-order chi connectivity index (χ1) is 6.81. The van der Waals surface area contributed by atoms with Gasteiger partial charge in [0.05, 0.1) is 6.10 Å². The van der Waals surface area contributed by atoms with Crippen molar-refractivity contribution < 1.29 is 4.74 Å². The van der Waals surface area contributed by atoms with Gasteiger partial charge in [0.2, 0.25) is 0 Å². The van der Waals surface area contributed by atoms with Crippen molar-refractivity contribution in [1.82, 2.24) is 0 Å². The van der Waals surface area contributed by atoms with E-state index in [0.29, 0.717) is 6.10 Å². The van der Waals surface area contributed by atoms with Crippen molar-refractivity contribution in [2.45, 2.75) is 78.2 Å². The molecule has 0 aromatic heterocycles. The SMILES string of the molecule is CCCCCCC(C)OCCCCC. The summed E-state index contributed by atoms with van der Waals surface area (Å²) in [5.41, 5.74) is 0. The highest BCUT2D eigenvalue weighted by Gasteiger charge is 2.00. The molecule has 0 bridgehead atoms. The number of rotatable bonds is 10. The first-order valence-electron chi connectivity index (χ1n) is 6.42. The molecular weight excluding hydrogens is 172 g/mol. The Morgan fingerprint density at radius 2 is 1.50 bits per heavy atom. The number of hydrogen-bond acceptors (Lipinski definition) is 1. The summed E-state index contributed by atoms with van der Waals surface area (Å²) in [5.74, 6) is 0. The van der Waals surface area contributed by atoms with Crippen LogP contribution < -0.4 is 0 Å². The second kappa shape index (κ2) is 11.0. The van der Waals surface area contributed by atoms with E-state index >= 15 is 0 Å². The van der Waals surface area contributed by atoms with E-state index in [9.17, 15) is 0 Å². The monoisotopic (exact) mass is 200 g/mol. The third-order valence-electron chi connectivity index (χ3n) is 2.61. The molecule has 86 valence electrons. The molecule has 0 aliphatic carbocycles. The topological polar surface area (TPSA) is 9.23 Å². The summed E-state index contributed by atoms with van der Waals surface area (Å²) in [6.45, 7) is 7.65. The summed E-state index contributed by atoms with van der Waals surface area (Å²) in [6.07, 6.45) is 11.0. The molecule has 1 nitrogen and oxygen atoms in total. The standard InChI is InChI=1S/C13H28O/c1-4-6-8-9-11-13(3)14-12-10-7-5-2/h13H,4-12H2,1-3H3.